The SMILES string of the molecule is O=C(CCCOc1cccc(Br)c1)NC(CF)C(=O)O. The van der Waals surface area contributed by atoms with E-state index in [0.717, 1.165) is 4.47 Å². The minimum absolute atomic E-state index is 0.0811. The number of hydrogen-bond donors (Lipinski definition) is 2. The Morgan fingerprint density at radius 3 is 2.80 bits per heavy atom. The Morgan fingerprint density at radius 1 is 1.45 bits per heavy atom. The van der Waals surface area contributed by atoms with Gasteiger partial charge in [-0.15, -0.1) is 0 Å². The van der Waals surface area contributed by atoms with Crippen LogP contribution in [0.1, 0.15) is 12.8 Å². The van der Waals surface area contributed by atoms with Crippen molar-refractivity contribution in [1.29, 1.82) is 0 Å². The van der Waals surface area contributed by atoms with Gasteiger partial charge in [0.1, 0.15) is 12.4 Å². The maximum atomic E-state index is 12.3. The molecule has 0 aliphatic rings. The summed E-state index contributed by atoms with van der Waals surface area (Å²) in [7, 11) is 0. The van der Waals surface area contributed by atoms with E-state index >= 15 is 0 Å². The summed E-state index contributed by atoms with van der Waals surface area (Å²) >= 11 is 3.31. The lowest BCUT2D eigenvalue weighted by molar-refractivity contribution is -0.142. The topological polar surface area (TPSA) is 75.6 Å². The molecule has 2 N–H and O–H groups in total. The van der Waals surface area contributed by atoms with E-state index < -0.39 is 24.6 Å². The minimum atomic E-state index is -1.48. The van der Waals surface area contributed by atoms with Crippen molar-refractivity contribution >= 4 is 27.8 Å². The minimum Gasteiger partial charge on any atom is -0.494 e. The van der Waals surface area contributed by atoms with Gasteiger partial charge in [0.2, 0.25) is 5.91 Å². The lowest BCUT2D eigenvalue weighted by Gasteiger charge is -2.11. The maximum absolute atomic E-state index is 12.3. The number of carboxylic acids is 1. The van der Waals surface area contributed by atoms with Crippen molar-refractivity contribution in [2.45, 2.75) is 18.9 Å². The highest BCUT2D eigenvalue weighted by Crippen LogP contribution is 2.17. The van der Waals surface area contributed by atoms with Crippen LogP contribution < -0.4 is 10.1 Å². The van der Waals surface area contributed by atoms with Crippen LogP contribution in [0.25, 0.3) is 0 Å². The molecule has 20 heavy (non-hydrogen) atoms. The highest BCUT2D eigenvalue weighted by Gasteiger charge is 2.18. The van der Waals surface area contributed by atoms with Gasteiger partial charge in [-0.25, -0.2) is 9.18 Å². The molecule has 0 aliphatic carbocycles. The molecule has 0 saturated heterocycles. The van der Waals surface area contributed by atoms with Gasteiger partial charge >= 0.3 is 5.97 Å². The number of carbonyl (C=O) groups excluding carboxylic acids is 1. The van der Waals surface area contributed by atoms with Crippen LogP contribution in [0.4, 0.5) is 4.39 Å². The van der Waals surface area contributed by atoms with Gasteiger partial charge in [-0.1, -0.05) is 22.0 Å². The summed E-state index contributed by atoms with van der Waals surface area (Å²) in [4.78, 5) is 21.9. The second-order valence-electron chi connectivity index (χ2n) is 4.02. The van der Waals surface area contributed by atoms with Crippen LogP contribution in [-0.2, 0) is 9.59 Å². The Kier molecular flexibility index (Phi) is 7.00. The fourth-order valence-electron chi connectivity index (χ4n) is 1.41. The Morgan fingerprint density at radius 2 is 2.20 bits per heavy atom. The van der Waals surface area contributed by atoms with Crippen LogP contribution >= 0.6 is 15.9 Å². The molecule has 0 bridgehead atoms. The first-order valence-electron chi connectivity index (χ1n) is 5.99. The monoisotopic (exact) mass is 347 g/mol. The summed E-state index contributed by atoms with van der Waals surface area (Å²) in [5, 5.41) is 10.7. The molecule has 1 rings (SSSR count). The molecule has 0 spiro atoms. The van der Waals surface area contributed by atoms with Gasteiger partial charge in [0, 0.05) is 10.9 Å². The Labute approximate surface area is 124 Å². The zero-order valence-electron chi connectivity index (χ0n) is 10.6. The summed E-state index contributed by atoms with van der Waals surface area (Å²) in [6, 6.07) is 5.79. The van der Waals surface area contributed by atoms with Crippen LogP contribution in [0.3, 0.4) is 0 Å². The molecule has 0 radical (unpaired) electrons. The molecule has 0 fully saturated rings. The zero-order chi connectivity index (χ0) is 15.0. The van der Waals surface area contributed by atoms with E-state index in [1.807, 2.05) is 12.1 Å². The summed E-state index contributed by atoms with van der Waals surface area (Å²) in [6.07, 6.45) is 0.495. The quantitative estimate of drug-likeness (QED) is 0.706. The highest BCUT2D eigenvalue weighted by atomic mass is 79.9. The molecule has 1 aromatic rings. The third kappa shape index (κ3) is 6.01. The second-order valence-corrected chi connectivity index (χ2v) is 4.94. The summed E-state index contributed by atoms with van der Waals surface area (Å²) in [6.45, 7) is -0.813. The Hall–Kier alpha value is -1.63. The zero-order valence-corrected chi connectivity index (χ0v) is 12.2. The molecule has 110 valence electrons. The predicted octanol–water partition coefficient (Wildman–Crippen LogP) is 2.15. The van der Waals surface area contributed by atoms with Crippen molar-refractivity contribution in [3.63, 3.8) is 0 Å². The molecule has 5 nitrogen and oxygen atoms in total. The predicted molar refractivity (Wildman–Crippen MR) is 74.4 cm³/mol. The van der Waals surface area contributed by atoms with Gasteiger partial charge in [-0.3, -0.25) is 4.79 Å². The largest absolute Gasteiger partial charge is 0.494 e. The lowest BCUT2D eigenvalue weighted by Crippen LogP contribution is -2.42. The van der Waals surface area contributed by atoms with Gasteiger partial charge in [-0.05, 0) is 24.6 Å². The first-order valence-corrected chi connectivity index (χ1v) is 6.78. The number of benzene rings is 1. The molecule has 1 atom stereocenters. The molecule has 0 aliphatic heterocycles. The number of aliphatic carboxylic acids is 1. The fourth-order valence-corrected chi connectivity index (χ4v) is 1.79. The molecular formula is C13H15BrFNO4. The van der Waals surface area contributed by atoms with E-state index in [2.05, 4.69) is 21.2 Å². The number of halogens is 2. The number of nitrogens with one attached hydrogen (secondary N) is 1. The summed E-state index contributed by atoms with van der Waals surface area (Å²) in [5.74, 6) is -1.22. The van der Waals surface area contributed by atoms with Gasteiger partial charge in [0.15, 0.2) is 6.04 Å². The Balaban J connectivity index is 2.24. The normalized spacial score (nSPS) is 11.7. The van der Waals surface area contributed by atoms with E-state index in [0.29, 0.717) is 18.8 Å². The van der Waals surface area contributed by atoms with Gasteiger partial charge < -0.3 is 15.2 Å². The lowest BCUT2D eigenvalue weighted by atomic mass is 10.2. The van der Waals surface area contributed by atoms with Crippen molar-refractivity contribution < 1.29 is 23.8 Å². The number of amides is 1. The second kappa shape index (κ2) is 8.52. The third-order valence-electron chi connectivity index (χ3n) is 2.40. The van der Waals surface area contributed by atoms with Crippen molar-refractivity contribution in [3.05, 3.63) is 28.7 Å². The standard InChI is InChI=1S/C13H15BrFNO4/c14-9-3-1-4-10(7-9)20-6-2-5-12(17)16-11(8-15)13(18)19/h1,3-4,7,11H,2,5-6,8H2,(H,16,17)(H,18,19). The molecule has 0 heterocycles. The molecule has 0 saturated carbocycles. The number of ether oxygens (including phenoxy) is 1. The van der Waals surface area contributed by atoms with E-state index in [-0.39, 0.29) is 6.42 Å². The van der Waals surface area contributed by atoms with E-state index in [1.165, 1.54) is 0 Å². The number of carboxylic acid groups (broad SMARTS) is 1. The summed E-state index contributed by atoms with van der Waals surface area (Å²) in [5.41, 5.74) is 0. The molecule has 1 aromatic carbocycles. The fraction of sp³-hybridized carbons (Fsp3) is 0.385. The average molecular weight is 348 g/mol. The maximum Gasteiger partial charge on any atom is 0.328 e. The molecule has 1 unspecified atom stereocenters. The first kappa shape index (κ1) is 16.4. The van der Waals surface area contributed by atoms with Crippen molar-refractivity contribution in [1.82, 2.24) is 5.32 Å². The smallest absolute Gasteiger partial charge is 0.328 e. The number of alkyl halides is 1. The van der Waals surface area contributed by atoms with E-state index in [9.17, 15) is 14.0 Å². The van der Waals surface area contributed by atoms with Crippen molar-refractivity contribution in [2.75, 3.05) is 13.3 Å². The van der Waals surface area contributed by atoms with Crippen LogP contribution in [0.5, 0.6) is 5.75 Å². The van der Waals surface area contributed by atoms with Gasteiger partial charge in [-0.2, -0.15) is 0 Å². The first-order chi connectivity index (χ1) is 9.52. The van der Waals surface area contributed by atoms with Crippen LogP contribution in [0, 0.1) is 0 Å². The number of carbonyl (C=O) groups is 2. The van der Waals surface area contributed by atoms with Gasteiger partial charge in [0.25, 0.3) is 0 Å². The molecule has 1 amide bonds. The van der Waals surface area contributed by atoms with Gasteiger partial charge in [0.05, 0.1) is 6.61 Å². The number of rotatable bonds is 8. The Bertz CT molecular complexity index is 469. The molecular weight excluding hydrogens is 333 g/mol. The van der Waals surface area contributed by atoms with E-state index in [1.54, 1.807) is 12.1 Å². The average Bonchev–Trinajstić information content (AvgIpc) is 2.40. The van der Waals surface area contributed by atoms with E-state index in [4.69, 9.17) is 9.84 Å². The highest BCUT2D eigenvalue weighted by molar-refractivity contribution is 9.10. The third-order valence-corrected chi connectivity index (χ3v) is 2.89. The number of hydrogen-bond acceptors (Lipinski definition) is 3. The summed E-state index contributed by atoms with van der Waals surface area (Å²) < 4.78 is 18.6. The van der Waals surface area contributed by atoms with Crippen LogP contribution in [-0.4, -0.2) is 36.3 Å². The van der Waals surface area contributed by atoms with Crippen LogP contribution in [0.2, 0.25) is 0 Å². The molecule has 0 aromatic heterocycles. The van der Waals surface area contributed by atoms with Crippen LogP contribution in [0.15, 0.2) is 28.7 Å². The van der Waals surface area contributed by atoms with Crippen molar-refractivity contribution in [2.24, 2.45) is 0 Å². The van der Waals surface area contributed by atoms with Crippen molar-refractivity contribution in [3.8, 4) is 5.75 Å². The molecule has 7 heteroatoms.